The molecule has 1 atom stereocenters. The molecule has 74 valence electrons. The lowest BCUT2D eigenvalue weighted by atomic mass is 9.92. The van der Waals surface area contributed by atoms with Crippen molar-refractivity contribution in [3.63, 3.8) is 0 Å². The summed E-state index contributed by atoms with van der Waals surface area (Å²) in [7, 11) is 0. The highest BCUT2D eigenvalue weighted by molar-refractivity contribution is 6.24. The van der Waals surface area contributed by atoms with Crippen molar-refractivity contribution in [3.05, 3.63) is 35.9 Å². The van der Waals surface area contributed by atoms with Gasteiger partial charge < -0.3 is 4.74 Å². The fraction of sp³-hybridized carbons (Fsp3) is 0.364. The van der Waals surface area contributed by atoms with Crippen LogP contribution in [0.1, 0.15) is 18.4 Å². The third-order valence-electron chi connectivity index (χ3n) is 2.48. The molecule has 0 spiro atoms. The number of rotatable bonds is 1. The summed E-state index contributed by atoms with van der Waals surface area (Å²) in [6.45, 7) is 0.275. The Labute approximate surface area is 87.8 Å². The van der Waals surface area contributed by atoms with E-state index in [0.29, 0.717) is 12.8 Å². The first-order chi connectivity index (χ1) is 6.71. The van der Waals surface area contributed by atoms with Gasteiger partial charge in [-0.2, -0.15) is 0 Å². The van der Waals surface area contributed by atoms with Crippen LogP contribution in [0.3, 0.4) is 0 Å². The van der Waals surface area contributed by atoms with Crippen molar-refractivity contribution in [1.82, 2.24) is 0 Å². The summed E-state index contributed by atoms with van der Waals surface area (Å²) in [5.41, 5.74) is 1.02. The Morgan fingerprint density at radius 2 is 2.00 bits per heavy atom. The highest BCUT2D eigenvalue weighted by Crippen LogP contribution is 2.37. The number of benzene rings is 1. The summed E-state index contributed by atoms with van der Waals surface area (Å²) in [5, 5.41) is 0. The molecule has 1 heterocycles. The summed E-state index contributed by atoms with van der Waals surface area (Å²) < 4.78 is 4.98. The minimum atomic E-state index is -0.519. The Morgan fingerprint density at radius 1 is 1.29 bits per heavy atom. The predicted molar refractivity (Wildman–Crippen MR) is 54.2 cm³/mol. The fourth-order valence-electron chi connectivity index (χ4n) is 1.60. The zero-order valence-corrected chi connectivity index (χ0v) is 8.46. The Kier molecular flexibility index (Phi) is 2.46. The van der Waals surface area contributed by atoms with Crippen LogP contribution in [0.25, 0.3) is 0 Å². The molecular formula is C11H11ClO2. The topological polar surface area (TPSA) is 26.3 Å². The van der Waals surface area contributed by atoms with E-state index in [2.05, 4.69) is 0 Å². The van der Waals surface area contributed by atoms with Gasteiger partial charge in [-0.15, -0.1) is 11.6 Å². The van der Waals surface area contributed by atoms with E-state index in [4.69, 9.17) is 16.3 Å². The minimum absolute atomic E-state index is 0.155. The number of cyclic esters (lactones) is 1. The molecule has 1 saturated heterocycles. The monoisotopic (exact) mass is 210 g/mol. The van der Waals surface area contributed by atoms with Gasteiger partial charge >= 0.3 is 5.97 Å². The molecule has 1 aliphatic rings. The van der Waals surface area contributed by atoms with Gasteiger partial charge in [-0.3, -0.25) is 4.79 Å². The molecule has 2 nitrogen and oxygen atoms in total. The maximum atomic E-state index is 10.9. The molecule has 1 aromatic rings. The summed E-state index contributed by atoms with van der Waals surface area (Å²) in [6, 6.07) is 9.75. The van der Waals surface area contributed by atoms with E-state index >= 15 is 0 Å². The Hall–Kier alpha value is -1.02. The molecule has 0 aromatic heterocycles. The average Bonchev–Trinajstić information content (AvgIpc) is 2.24. The Balaban J connectivity index is 2.21. The smallest absolute Gasteiger partial charge is 0.305 e. The minimum Gasteiger partial charge on any atom is -0.463 e. The summed E-state index contributed by atoms with van der Waals surface area (Å²) in [5.74, 6) is -0.155. The van der Waals surface area contributed by atoms with Crippen LogP contribution < -0.4 is 0 Å². The zero-order valence-electron chi connectivity index (χ0n) is 7.70. The van der Waals surface area contributed by atoms with Crippen LogP contribution in [0, 0.1) is 0 Å². The van der Waals surface area contributed by atoms with Crippen LogP contribution in [0.15, 0.2) is 30.3 Å². The number of carbonyl (C=O) groups is 1. The molecule has 0 aliphatic carbocycles. The van der Waals surface area contributed by atoms with Gasteiger partial charge in [0.1, 0.15) is 11.5 Å². The molecular weight excluding hydrogens is 200 g/mol. The van der Waals surface area contributed by atoms with Crippen LogP contribution in [0.5, 0.6) is 0 Å². The van der Waals surface area contributed by atoms with Gasteiger partial charge in [-0.1, -0.05) is 30.3 Å². The number of alkyl halides is 1. The first kappa shape index (κ1) is 9.53. The molecule has 1 aliphatic heterocycles. The molecule has 0 amide bonds. The van der Waals surface area contributed by atoms with Crippen molar-refractivity contribution in [3.8, 4) is 0 Å². The van der Waals surface area contributed by atoms with E-state index in [1.165, 1.54) is 0 Å². The van der Waals surface area contributed by atoms with E-state index in [1.54, 1.807) is 0 Å². The average molecular weight is 211 g/mol. The van der Waals surface area contributed by atoms with Crippen molar-refractivity contribution in [2.45, 2.75) is 17.7 Å². The third kappa shape index (κ3) is 1.75. The maximum absolute atomic E-state index is 10.9. The number of hydrogen-bond donors (Lipinski definition) is 0. The second-order valence-electron chi connectivity index (χ2n) is 3.49. The van der Waals surface area contributed by atoms with E-state index in [1.807, 2.05) is 30.3 Å². The molecule has 0 bridgehead atoms. The van der Waals surface area contributed by atoms with Crippen LogP contribution in [0.4, 0.5) is 0 Å². The zero-order chi connectivity index (χ0) is 10.0. The molecule has 1 fully saturated rings. The van der Waals surface area contributed by atoms with Gasteiger partial charge in [0.05, 0.1) is 0 Å². The first-order valence-corrected chi connectivity index (χ1v) is 4.99. The number of hydrogen-bond acceptors (Lipinski definition) is 2. The molecule has 14 heavy (non-hydrogen) atoms. The van der Waals surface area contributed by atoms with E-state index in [0.717, 1.165) is 5.56 Å². The summed E-state index contributed by atoms with van der Waals surface area (Å²) >= 11 is 6.39. The lowest BCUT2D eigenvalue weighted by molar-refractivity contribution is -0.148. The number of halogens is 1. The van der Waals surface area contributed by atoms with Gasteiger partial charge in [0, 0.05) is 6.42 Å². The van der Waals surface area contributed by atoms with Crippen molar-refractivity contribution >= 4 is 17.6 Å². The van der Waals surface area contributed by atoms with Gasteiger partial charge in [-0.05, 0) is 12.0 Å². The maximum Gasteiger partial charge on any atom is 0.305 e. The van der Waals surface area contributed by atoms with E-state index in [9.17, 15) is 4.79 Å². The largest absolute Gasteiger partial charge is 0.463 e. The fourth-order valence-corrected chi connectivity index (χ4v) is 1.88. The molecule has 1 aromatic carbocycles. The lowest BCUT2D eigenvalue weighted by Crippen LogP contribution is -2.32. The second-order valence-corrected chi connectivity index (χ2v) is 4.22. The lowest BCUT2D eigenvalue weighted by Gasteiger charge is -2.30. The molecule has 3 heteroatoms. The Bertz CT molecular complexity index is 324. The second kappa shape index (κ2) is 3.62. The standard InChI is InChI=1S/C11H11ClO2/c12-11(7-6-10(13)14-8-11)9-4-2-1-3-5-9/h1-5H,6-8H2/t11-/m1/s1. The molecule has 0 radical (unpaired) electrons. The van der Waals surface area contributed by atoms with Crippen LogP contribution in [0.2, 0.25) is 0 Å². The quantitative estimate of drug-likeness (QED) is 0.526. The van der Waals surface area contributed by atoms with Crippen molar-refractivity contribution in [1.29, 1.82) is 0 Å². The van der Waals surface area contributed by atoms with Crippen LogP contribution in [-0.2, 0) is 14.4 Å². The van der Waals surface area contributed by atoms with Gasteiger partial charge in [0.25, 0.3) is 0 Å². The van der Waals surface area contributed by atoms with E-state index < -0.39 is 4.87 Å². The number of carbonyl (C=O) groups excluding carboxylic acids is 1. The van der Waals surface area contributed by atoms with Crippen molar-refractivity contribution in [2.75, 3.05) is 6.61 Å². The van der Waals surface area contributed by atoms with Crippen molar-refractivity contribution in [2.24, 2.45) is 0 Å². The SMILES string of the molecule is O=C1CC[C@](Cl)(c2ccccc2)CO1. The van der Waals surface area contributed by atoms with Gasteiger partial charge in [0.15, 0.2) is 0 Å². The highest BCUT2D eigenvalue weighted by atomic mass is 35.5. The van der Waals surface area contributed by atoms with E-state index in [-0.39, 0.29) is 12.6 Å². The normalized spacial score (nSPS) is 27.1. The Morgan fingerprint density at radius 3 is 2.57 bits per heavy atom. The van der Waals surface area contributed by atoms with Crippen molar-refractivity contribution < 1.29 is 9.53 Å². The predicted octanol–water partition coefficient (Wildman–Crippen LogP) is 2.46. The summed E-state index contributed by atoms with van der Waals surface area (Å²) in [4.78, 5) is 10.4. The third-order valence-corrected chi connectivity index (χ3v) is 2.99. The number of ether oxygens (including phenoxy) is 1. The van der Waals surface area contributed by atoms with Crippen LogP contribution >= 0.6 is 11.6 Å². The van der Waals surface area contributed by atoms with Gasteiger partial charge in [-0.25, -0.2) is 0 Å². The van der Waals surface area contributed by atoms with Crippen LogP contribution in [-0.4, -0.2) is 12.6 Å². The highest BCUT2D eigenvalue weighted by Gasteiger charge is 2.35. The number of esters is 1. The molecule has 0 unspecified atom stereocenters. The van der Waals surface area contributed by atoms with Gasteiger partial charge in [0.2, 0.25) is 0 Å². The molecule has 0 N–H and O–H groups in total. The molecule has 2 rings (SSSR count). The molecule has 0 saturated carbocycles. The first-order valence-electron chi connectivity index (χ1n) is 4.61. The summed E-state index contributed by atoms with van der Waals surface area (Å²) in [6.07, 6.45) is 1.05.